The summed E-state index contributed by atoms with van der Waals surface area (Å²) in [5.41, 5.74) is 0.278. The highest BCUT2D eigenvalue weighted by Crippen LogP contribution is 2.21. The quantitative estimate of drug-likeness (QED) is 0.870. The summed E-state index contributed by atoms with van der Waals surface area (Å²) in [6.45, 7) is 11.4. The van der Waals surface area contributed by atoms with Crippen molar-refractivity contribution < 1.29 is 4.74 Å². The molecule has 0 saturated heterocycles. The summed E-state index contributed by atoms with van der Waals surface area (Å²) in [6, 6.07) is 1.84. The third kappa shape index (κ3) is 4.90. The zero-order valence-corrected chi connectivity index (χ0v) is 12.4. The molecule has 18 heavy (non-hydrogen) atoms. The molecule has 0 radical (unpaired) electrons. The van der Waals surface area contributed by atoms with Crippen LogP contribution in [0.5, 0.6) is 5.88 Å². The number of rotatable bonds is 5. The third-order valence-electron chi connectivity index (χ3n) is 2.59. The van der Waals surface area contributed by atoms with Crippen molar-refractivity contribution in [2.24, 2.45) is 5.41 Å². The minimum atomic E-state index is 0.278. The zero-order chi connectivity index (χ0) is 13.8. The molecule has 0 atom stereocenters. The molecule has 0 aromatic carbocycles. The van der Waals surface area contributed by atoms with Gasteiger partial charge in [0.1, 0.15) is 11.6 Å². The zero-order valence-electron chi connectivity index (χ0n) is 12.4. The van der Waals surface area contributed by atoms with E-state index in [-0.39, 0.29) is 5.41 Å². The van der Waals surface area contributed by atoms with Gasteiger partial charge in [-0.15, -0.1) is 0 Å². The van der Waals surface area contributed by atoms with E-state index in [9.17, 15) is 0 Å². The van der Waals surface area contributed by atoms with E-state index in [2.05, 4.69) is 49.9 Å². The van der Waals surface area contributed by atoms with E-state index in [4.69, 9.17) is 4.74 Å². The van der Waals surface area contributed by atoms with E-state index in [0.717, 1.165) is 18.1 Å². The first-order valence-corrected chi connectivity index (χ1v) is 6.51. The Labute approximate surface area is 110 Å². The van der Waals surface area contributed by atoms with Crippen LogP contribution in [0.3, 0.4) is 0 Å². The van der Waals surface area contributed by atoms with E-state index >= 15 is 0 Å². The van der Waals surface area contributed by atoms with E-state index in [1.54, 1.807) is 0 Å². The molecule has 0 spiro atoms. The molecule has 0 unspecified atom stereocenters. The largest absolute Gasteiger partial charge is 0.478 e. The summed E-state index contributed by atoms with van der Waals surface area (Å²) in [5.74, 6) is 2.57. The van der Waals surface area contributed by atoms with Crippen LogP contribution in [0.4, 0.5) is 5.82 Å². The van der Waals surface area contributed by atoms with Crippen LogP contribution >= 0.6 is 0 Å². The van der Waals surface area contributed by atoms with Gasteiger partial charge in [-0.1, -0.05) is 34.6 Å². The van der Waals surface area contributed by atoms with Crippen LogP contribution in [0.15, 0.2) is 6.07 Å². The Bertz CT molecular complexity index is 383. The van der Waals surface area contributed by atoms with Gasteiger partial charge in [-0.25, -0.2) is 4.98 Å². The summed E-state index contributed by atoms with van der Waals surface area (Å²) in [6.07, 6.45) is 1.00. The Morgan fingerprint density at radius 1 is 1.28 bits per heavy atom. The highest BCUT2D eigenvalue weighted by Gasteiger charge is 2.12. The molecule has 1 N–H and O–H groups in total. The molecular formula is C14H25N3O. The van der Waals surface area contributed by atoms with Gasteiger partial charge in [0, 0.05) is 19.0 Å². The van der Waals surface area contributed by atoms with Crippen molar-refractivity contribution in [1.29, 1.82) is 0 Å². The average Bonchev–Trinajstić information content (AvgIpc) is 2.26. The smallest absolute Gasteiger partial charge is 0.218 e. The van der Waals surface area contributed by atoms with Crippen LogP contribution in [0.1, 0.15) is 52.8 Å². The Morgan fingerprint density at radius 3 is 2.44 bits per heavy atom. The first-order chi connectivity index (χ1) is 8.31. The Balaban J connectivity index is 2.73. The van der Waals surface area contributed by atoms with Gasteiger partial charge < -0.3 is 10.1 Å². The molecule has 1 aromatic heterocycles. The fourth-order valence-corrected chi connectivity index (χ4v) is 1.36. The average molecular weight is 251 g/mol. The Morgan fingerprint density at radius 2 is 1.94 bits per heavy atom. The maximum atomic E-state index is 5.72. The lowest BCUT2D eigenvalue weighted by atomic mass is 9.93. The molecule has 1 aromatic rings. The molecule has 0 aliphatic rings. The summed E-state index contributed by atoms with van der Waals surface area (Å²) in [4.78, 5) is 8.83. The van der Waals surface area contributed by atoms with Gasteiger partial charge in [-0.3, -0.25) is 0 Å². The van der Waals surface area contributed by atoms with Crippen molar-refractivity contribution in [3.8, 4) is 5.88 Å². The second kappa shape index (κ2) is 6.03. The number of ether oxygens (including phenoxy) is 1. The molecule has 0 aliphatic carbocycles. The van der Waals surface area contributed by atoms with Crippen LogP contribution in [-0.2, 0) is 0 Å². The lowest BCUT2D eigenvalue weighted by molar-refractivity contribution is 0.235. The molecule has 0 aliphatic heterocycles. The van der Waals surface area contributed by atoms with Crippen LogP contribution in [0, 0.1) is 5.41 Å². The summed E-state index contributed by atoms with van der Waals surface area (Å²) in [5, 5.41) is 3.04. The molecule has 1 heterocycles. The lowest BCUT2D eigenvalue weighted by Crippen LogP contribution is -2.12. The molecule has 0 saturated carbocycles. The first kappa shape index (κ1) is 14.7. The van der Waals surface area contributed by atoms with Gasteiger partial charge in [0.15, 0.2) is 0 Å². The Hall–Kier alpha value is -1.32. The Kier molecular flexibility index (Phi) is 4.93. The van der Waals surface area contributed by atoms with Crippen molar-refractivity contribution in [3.63, 3.8) is 0 Å². The molecule has 0 amide bonds. The SMILES string of the molecule is CNc1cc(OCCC(C)(C)C)nc(C(C)C)n1. The van der Waals surface area contributed by atoms with E-state index in [1.165, 1.54) is 0 Å². The number of aromatic nitrogens is 2. The van der Waals surface area contributed by atoms with Gasteiger partial charge in [0.2, 0.25) is 5.88 Å². The highest BCUT2D eigenvalue weighted by molar-refractivity contribution is 5.38. The molecule has 4 heteroatoms. The van der Waals surface area contributed by atoms with E-state index in [0.29, 0.717) is 18.4 Å². The van der Waals surface area contributed by atoms with Crippen LogP contribution in [0.25, 0.3) is 0 Å². The molecule has 0 fully saturated rings. The molecule has 4 nitrogen and oxygen atoms in total. The minimum absolute atomic E-state index is 0.278. The first-order valence-electron chi connectivity index (χ1n) is 6.51. The van der Waals surface area contributed by atoms with Gasteiger partial charge in [-0.05, 0) is 11.8 Å². The second-order valence-electron chi connectivity index (χ2n) is 6.01. The topological polar surface area (TPSA) is 47.0 Å². The van der Waals surface area contributed by atoms with Gasteiger partial charge in [0.05, 0.1) is 6.61 Å². The molecule has 1 rings (SSSR count). The summed E-state index contributed by atoms with van der Waals surface area (Å²) < 4.78 is 5.72. The number of nitrogens with zero attached hydrogens (tertiary/aromatic N) is 2. The monoisotopic (exact) mass is 251 g/mol. The summed E-state index contributed by atoms with van der Waals surface area (Å²) >= 11 is 0. The number of hydrogen-bond donors (Lipinski definition) is 1. The fourth-order valence-electron chi connectivity index (χ4n) is 1.36. The predicted molar refractivity (Wildman–Crippen MR) is 75.2 cm³/mol. The van der Waals surface area contributed by atoms with E-state index < -0.39 is 0 Å². The minimum Gasteiger partial charge on any atom is -0.478 e. The van der Waals surface area contributed by atoms with Gasteiger partial charge in [-0.2, -0.15) is 4.98 Å². The number of hydrogen-bond acceptors (Lipinski definition) is 4. The molecule has 0 bridgehead atoms. The van der Waals surface area contributed by atoms with Crippen molar-refractivity contribution in [2.75, 3.05) is 19.0 Å². The lowest BCUT2D eigenvalue weighted by Gasteiger charge is -2.18. The standard InChI is InChI=1S/C14H25N3O/c1-10(2)13-16-11(15-6)9-12(17-13)18-8-7-14(3,4)5/h9-10H,7-8H2,1-6H3,(H,15,16,17). The van der Waals surface area contributed by atoms with Crippen LogP contribution < -0.4 is 10.1 Å². The third-order valence-corrected chi connectivity index (χ3v) is 2.59. The second-order valence-corrected chi connectivity index (χ2v) is 6.01. The van der Waals surface area contributed by atoms with Crippen molar-refractivity contribution >= 4 is 5.82 Å². The fraction of sp³-hybridized carbons (Fsp3) is 0.714. The van der Waals surface area contributed by atoms with Gasteiger partial charge >= 0.3 is 0 Å². The number of nitrogens with one attached hydrogen (secondary N) is 1. The molecule has 102 valence electrons. The normalized spacial score (nSPS) is 11.7. The maximum Gasteiger partial charge on any atom is 0.218 e. The van der Waals surface area contributed by atoms with Crippen LogP contribution in [-0.4, -0.2) is 23.6 Å². The van der Waals surface area contributed by atoms with Crippen molar-refractivity contribution in [2.45, 2.75) is 47.0 Å². The summed E-state index contributed by atoms with van der Waals surface area (Å²) in [7, 11) is 1.85. The van der Waals surface area contributed by atoms with Crippen LogP contribution in [0.2, 0.25) is 0 Å². The van der Waals surface area contributed by atoms with Crippen molar-refractivity contribution in [1.82, 2.24) is 9.97 Å². The van der Waals surface area contributed by atoms with Crippen molar-refractivity contribution in [3.05, 3.63) is 11.9 Å². The maximum absolute atomic E-state index is 5.72. The van der Waals surface area contributed by atoms with Gasteiger partial charge in [0.25, 0.3) is 0 Å². The predicted octanol–water partition coefficient (Wildman–Crippen LogP) is 3.46. The van der Waals surface area contributed by atoms with E-state index in [1.807, 2.05) is 13.1 Å². The number of anilines is 1. The highest BCUT2D eigenvalue weighted by atomic mass is 16.5. The molecular weight excluding hydrogens is 226 g/mol.